The van der Waals surface area contributed by atoms with E-state index in [0.717, 1.165) is 25.2 Å². The van der Waals surface area contributed by atoms with E-state index in [0.29, 0.717) is 5.82 Å². The molecule has 1 aliphatic heterocycles. The number of aromatic nitrogens is 2. The van der Waals surface area contributed by atoms with Crippen LogP contribution in [0, 0.1) is 0 Å². The highest BCUT2D eigenvalue weighted by molar-refractivity contribution is 5.44. The molecule has 2 heterocycles. The molecule has 0 aromatic carbocycles. The van der Waals surface area contributed by atoms with Crippen LogP contribution in [-0.2, 0) is 17.8 Å². The Morgan fingerprint density at radius 1 is 1.58 bits per heavy atom. The van der Waals surface area contributed by atoms with Crippen molar-refractivity contribution in [3.05, 3.63) is 12.0 Å². The van der Waals surface area contributed by atoms with Gasteiger partial charge in [-0.15, -0.1) is 4.99 Å². The van der Waals surface area contributed by atoms with Crippen molar-refractivity contribution in [2.45, 2.75) is 25.8 Å². The summed E-state index contributed by atoms with van der Waals surface area (Å²) in [4.78, 5) is 17.8. The van der Waals surface area contributed by atoms with Crippen LogP contribution in [0.25, 0.3) is 0 Å². The van der Waals surface area contributed by atoms with Crippen molar-refractivity contribution in [2.24, 2.45) is 4.99 Å². The van der Waals surface area contributed by atoms with E-state index in [-0.39, 0.29) is 0 Å². The molecule has 0 spiro atoms. The number of rotatable bonds is 1. The third-order valence-corrected chi connectivity index (χ3v) is 2.11. The van der Waals surface area contributed by atoms with Crippen LogP contribution in [0.5, 0.6) is 0 Å². The first-order chi connectivity index (χ1) is 5.92. The van der Waals surface area contributed by atoms with Crippen molar-refractivity contribution in [1.82, 2.24) is 9.55 Å². The summed E-state index contributed by atoms with van der Waals surface area (Å²) in [6.45, 7) is 0.926. The molecule has 62 valence electrons. The number of aliphatic imine (C=N–C) groups is 1. The summed E-state index contributed by atoms with van der Waals surface area (Å²) in [6, 6.07) is 0. The van der Waals surface area contributed by atoms with Gasteiger partial charge in [0.2, 0.25) is 6.08 Å². The second-order valence-electron chi connectivity index (χ2n) is 2.84. The van der Waals surface area contributed by atoms with Gasteiger partial charge in [0.15, 0.2) is 5.82 Å². The van der Waals surface area contributed by atoms with Crippen molar-refractivity contribution in [1.29, 1.82) is 0 Å². The molecular weight excluding hydrogens is 154 g/mol. The first kappa shape index (κ1) is 7.25. The van der Waals surface area contributed by atoms with E-state index in [9.17, 15) is 4.79 Å². The number of aryl methyl sites for hydroxylation is 1. The van der Waals surface area contributed by atoms with Crippen molar-refractivity contribution in [2.75, 3.05) is 0 Å². The summed E-state index contributed by atoms with van der Waals surface area (Å²) in [5.41, 5.74) is 0. The van der Waals surface area contributed by atoms with Crippen molar-refractivity contribution < 1.29 is 4.79 Å². The Morgan fingerprint density at radius 3 is 3.33 bits per heavy atom. The predicted octanol–water partition coefficient (Wildman–Crippen LogP) is 1.19. The first-order valence-electron chi connectivity index (χ1n) is 4.04. The topological polar surface area (TPSA) is 47.2 Å². The van der Waals surface area contributed by atoms with E-state index < -0.39 is 0 Å². The van der Waals surface area contributed by atoms with Crippen molar-refractivity contribution >= 4 is 11.9 Å². The van der Waals surface area contributed by atoms with Crippen molar-refractivity contribution in [3.8, 4) is 0 Å². The van der Waals surface area contributed by atoms with Gasteiger partial charge in [0.1, 0.15) is 5.82 Å². The molecule has 12 heavy (non-hydrogen) atoms. The Morgan fingerprint density at radius 2 is 2.50 bits per heavy atom. The zero-order valence-electron chi connectivity index (χ0n) is 6.66. The van der Waals surface area contributed by atoms with Gasteiger partial charge in [-0.2, -0.15) is 0 Å². The molecule has 4 nitrogen and oxygen atoms in total. The average molecular weight is 163 g/mol. The fourth-order valence-corrected chi connectivity index (χ4v) is 1.54. The number of nitrogens with zero attached hydrogens (tertiary/aromatic N) is 3. The van der Waals surface area contributed by atoms with E-state index in [1.54, 1.807) is 6.20 Å². The lowest BCUT2D eigenvalue weighted by molar-refractivity contribution is 0.524. The largest absolute Gasteiger partial charge is 0.313 e. The van der Waals surface area contributed by atoms with Crippen LogP contribution in [0.3, 0.4) is 0 Å². The van der Waals surface area contributed by atoms with Crippen molar-refractivity contribution in [3.63, 3.8) is 0 Å². The van der Waals surface area contributed by atoms with Gasteiger partial charge in [-0.3, -0.25) is 0 Å². The van der Waals surface area contributed by atoms with Gasteiger partial charge in [-0.25, -0.2) is 9.78 Å². The number of carbonyl (C=O) groups excluding carboxylic acids is 1. The molecule has 1 aromatic heterocycles. The average Bonchev–Trinajstić information content (AvgIpc) is 2.50. The van der Waals surface area contributed by atoms with Gasteiger partial charge in [-0.05, 0) is 12.8 Å². The lowest BCUT2D eigenvalue weighted by atomic mass is 10.2. The molecule has 0 N–H and O–H groups in total. The molecule has 2 rings (SSSR count). The Hall–Kier alpha value is -1.41. The van der Waals surface area contributed by atoms with E-state index in [1.165, 1.54) is 12.5 Å². The lowest BCUT2D eigenvalue weighted by Crippen LogP contribution is -2.09. The maximum atomic E-state index is 10.0. The molecule has 0 amide bonds. The van der Waals surface area contributed by atoms with Crippen LogP contribution >= 0.6 is 0 Å². The predicted molar refractivity (Wildman–Crippen MR) is 42.9 cm³/mol. The summed E-state index contributed by atoms with van der Waals surface area (Å²) < 4.78 is 1.98. The number of imidazole rings is 1. The summed E-state index contributed by atoms with van der Waals surface area (Å²) in [7, 11) is 0. The van der Waals surface area contributed by atoms with Gasteiger partial charge < -0.3 is 4.57 Å². The maximum absolute atomic E-state index is 10.0. The highest BCUT2D eigenvalue weighted by atomic mass is 16.1. The highest BCUT2D eigenvalue weighted by Crippen LogP contribution is 2.20. The Labute approximate surface area is 69.9 Å². The van der Waals surface area contributed by atoms with E-state index in [4.69, 9.17) is 0 Å². The smallest absolute Gasteiger partial charge is 0.242 e. The Bertz CT molecular complexity index is 336. The molecular formula is C8H9N3O. The molecule has 0 saturated carbocycles. The van der Waals surface area contributed by atoms with Gasteiger partial charge in [0.25, 0.3) is 0 Å². The summed E-state index contributed by atoms with van der Waals surface area (Å²) in [5.74, 6) is 1.68. The normalized spacial score (nSPS) is 15.0. The SMILES string of the molecule is O=C=Nc1cnc2n1CCCC2. The Balaban J connectivity index is 2.44. The number of isocyanates is 1. The number of hydrogen-bond donors (Lipinski definition) is 0. The van der Waals surface area contributed by atoms with Gasteiger partial charge in [-0.1, -0.05) is 0 Å². The van der Waals surface area contributed by atoms with E-state index in [1.807, 2.05) is 4.57 Å². The van der Waals surface area contributed by atoms with Crippen LogP contribution in [-0.4, -0.2) is 15.6 Å². The van der Waals surface area contributed by atoms with Crippen LogP contribution in [0.4, 0.5) is 5.82 Å². The minimum Gasteiger partial charge on any atom is -0.313 e. The van der Waals surface area contributed by atoms with Gasteiger partial charge in [0.05, 0.1) is 6.20 Å². The lowest BCUT2D eigenvalue weighted by Gasteiger charge is -2.13. The monoisotopic (exact) mass is 163 g/mol. The molecule has 0 atom stereocenters. The second-order valence-corrected chi connectivity index (χ2v) is 2.84. The zero-order valence-corrected chi connectivity index (χ0v) is 6.66. The molecule has 1 aliphatic rings. The molecule has 1 aromatic rings. The van der Waals surface area contributed by atoms with Crippen LogP contribution in [0.15, 0.2) is 11.2 Å². The standard InChI is InChI=1S/C8H9N3O/c12-6-10-8-5-9-7-3-1-2-4-11(7)8/h5H,1-4H2. The van der Waals surface area contributed by atoms with Gasteiger partial charge in [0, 0.05) is 13.0 Å². The molecule has 0 fully saturated rings. The Kier molecular flexibility index (Phi) is 1.76. The zero-order chi connectivity index (χ0) is 8.39. The maximum Gasteiger partial charge on any atom is 0.242 e. The molecule has 0 radical (unpaired) electrons. The van der Waals surface area contributed by atoms with Gasteiger partial charge >= 0.3 is 0 Å². The van der Waals surface area contributed by atoms with Crippen LogP contribution < -0.4 is 0 Å². The fourth-order valence-electron chi connectivity index (χ4n) is 1.54. The molecule has 0 bridgehead atoms. The molecule has 0 unspecified atom stereocenters. The third kappa shape index (κ3) is 1.06. The third-order valence-electron chi connectivity index (χ3n) is 2.11. The minimum atomic E-state index is 0.639. The minimum absolute atomic E-state index is 0.639. The quantitative estimate of drug-likeness (QED) is 0.461. The van der Waals surface area contributed by atoms with Crippen LogP contribution in [0.1, 0.15) is 18.7 Å². The summed E-state index contributed by atoms with van der Waals surface area (Å²) in [5, 5.41) is 0. The molecule has 4 heteroatoms. The van der Waals surface area contributed by atoms with E-state index >= 15 is 0 Å². The van der Waals surface area contributed by atoms with E-state index in [2.05, 4.69) is 9.98 Å². The molecule has 0 aliphatic carbocycles. The summed E-state index contributed by atoms with van der Waals surface area (Å²) >= 11 is 0. The molecule has 0 saturated heterocycles. The highest BCUT2D eigenvalue weighted by Gasteiger charge is 2.12. The number of hydrogen-bond acceptors (Lipinski definition) is 3. The fraction of sp³-hybridized carbons (Fsp3) is 0.500. The summed E-state index contributed by atoms with van der Waals surface area (Å²) in [6.07, 6.45) is 6.48. The first-order valence-corrected chi connectivity index (χ1v) is 4.04. The van der Waals surface area contributed by atoms with Crippen LogP contribution in [0.2, 0.25) is 0 Å². The number of fused-ring (bicyclic) bond motifs is 1. The second kappa shape index (κ2) is 2.91.